The molecule has 0 fully saturated rings. The van der Waals surface area contributed by atoms with Gasteiger partial charge in [0.2, 0.25) is 0 Å². The Balaban J connectivity index is 1.61. The van der Waals surface area contributed by atoms with E-state index in [-0.39, 0.29) is 6.54 Å². The average Bonchev–Trinajstić information content (AvgIpc) is 3.05. The first kappa shape index (κ1) is 15.6. The maximum Gasteiger partial charge on any atom is 0.317 e. The molecule has 5 nitrogen and oxygen atoms in total. The van der Waals surface area contributed by atoms with Gasteiger partial charge in [0.25, 0.3) is 0 Å². The van der Waals surface area contributed by atoms with E-state index in [9.17, 15) is 4.79 Å². The topological polar surface area (TPSA) is 66.6 Å². The van der Waals surface area contributed by atoms with Crippen molar-refractivity contribution in [3.63, 3.8) is 0 Å². The molecule has 0 unspecified atom stereocenters. The molecule has 5 heteroatoms. The zero-order valence-corrected chi connectivity index (χ0v) is 13.7. The summed E-state index contributed by atoms with van der Waals surface area (Å²) in [7, 11) is 0. The number of carboxylic acid groups (broad SMARTS) is 1. The number of fused-ring (bicyclic) bond motifs is 1. The Labute approximate surface area is 145 Å². The molecule has 3 aromatic rings. The van der Waals surface area contributed by atoms with Crippen molar-refractivity contribution < 1.29 is 14.4 Å². The van der Waals surface area contributed by atoms with E-state index >= 15 is 0 Å². The molecule has 0 amide bonds. The van der Waals surface area contributed by atoms with Crippen molar-refractivity contribution in [1.82, 2.24) is 10.1 Å². The minimum absolute atomic E-state index is 0.0387. The number of aromatic nitrogens is 1. The Kier molecular flexibility index (Phi) is 4.07. The summed E-state index contributed by atoms with van der Waals surface area (Å²) in [4.78, 5) is 12.9. The fourth-order valence-corrected chi connectivity index (χ4v) is 3.27. The molecule has 0 saturated carbocycles. The van der Waals surface area contributed by atoms with Gasteiger partial charge in [0.05, 0.1) is 6.54 Å². The summed E-state index contributed by atoms with van der Waals surface area (Å²) in [6.07, 6.45) is 0.692. The molecule has 0 radical (unpaired) electrons. The van der Waals surface area contributed by atoms with Gasteiger partial charge in [0.15, 0.2) is 0 Å². The van der Waals surface area contributed by atoms with Crippen molar-refractivity contribution in [3.8, 4) is 22.4 Å². The van der Waals surface area contributed by atoms with E-state index in [1.807, 2.05) is 35.2 Å². The van der Waals surface area contributed by atoms with Crippen LogP contribution < -0.4 is 0 Å². The summed E-state index contributed by atoms with van der Waals surface area (Å²) >= 11 is 0. The Morgan fingerprint density at radius 3 is 2.44 bits per heavy atom. The monoisotopic (exact) mass is 334 g/mol. The van der Waals surface area contributed by atoms with Gasteiger partial charge in [-0.2, -0.15) is 0 Å². The predicted octanol–water partition coefficient (Wildman–Crippen LogP) is 3.45. The standard InChI is InChI=1S/C20H18N2O3/c23-19(24)13-22-11-10-18-17(12-22)20(21-25-18)16-8-6-15(7-9-16)14-4-2-1-3-5-14/h1-9H,10-13H2,(H,23,24). The lowest BCUT2D eigenvalue weighted by atomic mass is 9.99. The summed E-state index contributed by atoms with van der Waals surface area (Å²) < 4.78 is 5.49. The Bertz CT molecular complexity index is 885. The fourth-order valence-electron chi connectivity index (χ4n) is 3.27. The number of benzene rings is 2. The predicted molar refractivity (Wildman–Crippen MR) is 94.0 cm³/mol. The highest BCUT2D eigenvalue weighted by molar-refractivity contribution is 5.71. The number of nitrogens with zero attached hydrogens (tertiary/aromatic N) is 2. The quantitative estimate of drug-likeness (QED) is 0.791. The SMILES string of the molecule is O=C(O)CN1CCc2onc(-c3ccc(-c4ccccc4)cc3)c2C1. The third-order valence-corrected chi connectivity index (χ3v) is 4.53. The second kappa shape index (κ2) is 6.53. The molecule has 1 N–H and O–H groups in total. The highest BCUT2D eigenvalue weighted by Gasteiger charge is 2.25. The molecule has 2 aromatic carbocycles. The first-order valence-electron chi connectivity index (χ1n) is 8.28. The number of rotatable bonds is 4. The average molecular weight is 334 g/mol. The lowest BCUT2D eigenvalue weighted by Gasteiger charge is -2.24. The Morgan fingerprint density at radius 2 is 1.72 bits per heavy atom. The lowest BCUT2D eigenvalue weighted by Crippen LogP contribution is -2.34. The van der Waals surface area contributed by atoms with Gasteiger partial charge >= 0.3 is 5.97 Å². The molecule has 0 spiro atoms. The van der Waals surface area contributed by atoms with Crippen molar-refractivity contribution in [3.05, 3.63) is 65.9 Å². The third-order valence-electron chi connectivity index (χ3n) is 4.53. The summed E-state index contributed by atoms with van der Waals surface area (Å²) in [5, 5.41) is 13.2. The molecule has 1 aliphatic rings. The molecule has 4 rings (SSSR count). The number of carbonyl (C=O) groups is 1. The molecule has 2 heterocycles. The van der Waals surface area contributed by atoms with Crippen LogP contribution in [0.4, 0.5) is 0 Å². The van der Waals surface area contributed by atoms with E-state index in [0.717, 1.165) is 28.1 Å². The smallest absolute Gasteiger partial charge is 0.317 e. The fraction of sp³-hybridized carbons (Fsp3) is 0.200. The molecule has 0 atom stereocenters. The van der Waals surface area contributed by atoms with Crippen LogP contribution in [0.3, 0.4) is 0 Å². The van der Waals surface area contributed by atoms with Crippen molar-refractivity contribution in [1.29, 1.82) is 0 Å². The summed E-state index contributed by atoms with van der Waals surface area (Å²) in [5.41, 5.74) is 5.12. The molecule has 0 saturated heterocycles. The van der Waals surface area contributed by atoms with Crippen LogP contribution in [0.15, 0.2) is 59.1 Å². The highest BCUT2D eigenvalue weighted by atomic mass is 16.5. The number of hydrogen-bond donors (Lipinski definition) is 1. The van der Waals surface area contributed by atoms with Crippen molar-refractivity contribution in [2.45, 2.75) is 13.0 Å². The van der Waals surface area contributed by atoms with Gasteiger partial charge in [-0.1, -0.05) is 59.8 Å². The van der Waals surface area contributed by atoms with E-state index in [4.69, 9.17) is 9.63 Å². The van der Waals surface area contributed by atoms with Crippen molar-refractivity contribution in [2.24, 2.45) is 0 Å². The molecule has 0 aliphatic carbocycles. The zero-order valence-electron chi connectivity index (χ0n) is 13.7. The molecule has 1 aromatic heterocycles. The van der Waals surface area contributed by atoms with Crippen LogP contribution in [0.25, 0.3) is 22.4 Å². The second-order valence-electron chi connectivity index (χ2n) is 6.23. The normalized spacial score (nSPS) is 14.2. The van der Waals surface area contributed by atoms with Gasteiger partial charge in [-0.05, 0) is 11.1 Å². The summed E-state index contributed by atoms with van der Waals surface area (Å²) in [6, 6.07) is 18.4. The Morgan fingerprint density at radius 1 is 1.04 bits per heavy atom. The largest absolute Gasteiger partial charge is 0.480 e. The van der Waals surface area contributed by atoms with Crippen LogP contribution in [0.2, 0.25) is 0 Å². The molecular weight excluding hydrogens is 316 g/mol. The number of hydrogen-bond acceptors (Lipinski definition) is 4. The third kappa shape index (κ3) is 3.19. The van der Waals surface area contributed by atoms with Gasteiger partial charge < -0.3 is 9.63 Å². The van der Waals surface area contributed by atoms with Gasteiger partial charge in [-0.15, -0.1) is 0 Å². The van der Waals surface area contributed by atoms with Gasteiger partial charge in [0.1, 0.15) is 11.5 Å². The molecule has 0 bridgehead atoms. The van der Waals surface area contributed by atoms with Crippen LogP contribution in [-0.2, 0) is 17.8 Å². The second-order valence-corrected chi connectivity index (χ2v) is 6.23. The van der Waals surface area contributed by atoms with Crippen LogP contribution in [0, 0.1) is 0 Å². The van der Waals surface area contributed by atoms with Gasteiger partial charge in [-0.3, -0.25) is 9.69 Å². The van der Waals surface area contributed by atoms with Gasteiger partial charge in [-0.25, -0.2) is 0 Å². The van der Waals surface area contributed by atoms with E-state index in [1.165, 1.54) is 5.56 Å². The Hall–Kier alpha value is -2.92. The maximum absolute atomic E-state index is 11.0. The zero-order chi connectivity index (χ0) is 17.2. The first-order valence-corrected chi connectivity index (χ1v) is 8.28. The van der Waals surface area contributed by atoms with Crippen molar-refractivity contribution in [2.75, 3.05) is 13.1 Å². The number of aliphatic carboxylic acids is 1. The van der Waals surface area contributed by atoms with Crippen LogP contribution >= 0.6 is 0 Å². The minimum Gasteiger partial charge on any atom is -0.480 e. The molecular formula is C20H18N2O3. The van der Waals surface area contributed by atoms with E-state index < -0.39 is 5.97 Å². The summed E-state index contributed by atoms with van der Waals surface area (Å²) in [6.45, 7) is 1.28. The van der Waals surface area contributed by atoms with Crippen molar-refractivity contribution >= 4 is 5.97 Å². The van der Waals surface area contributed by atoms with Gasteiger partial charge in [0, 0.05) is 30.6 Å². The van der Waals surface area contributed by atoms with Crippen LogP contribution in [0.1, 0.15) is 11.3 Å². The van der Waals surface area contributed by atoms with E-state index in [0.29, 0.717) is 19.5 Å². The van der Waals surface area contributed by atoms with Crippen LogP contribution in [-0.4, -0.2) is 34.2 Å². The first-order chi connectivity index (χ1) is 12.2. The molecule has 25 heavy (non-hydrogen) atoms. The summed E-state index contributed by atoms with van der Waals surface area (Å²) in [5.74, 6) is 0.0532. The maximum atomic E-state index is 11.0. The van der Waals surface area contributed by atoms with E-state index in [1.54, 1.807) is 0 Å². The number of carboxylic acids is 1. The lowest BCUT2D eigenvalue weighted by molar-refractivity contribution is -0.138. The highest BCUT2D eigenvalue weighted by Crippen LogP contribution is 2.31. The molecule has 126 valence electrons. The van der Waals surface area contributed by atoms with Crippen LogP contribution in [0.5, 0.6) is 0 Å². The minimum atomic E-state index is -0.811. The molecule has 1 aliphatic heterocycles. The van der Waals surface area contributed by atoms with E-state index in [2.05, 4.69) is 29.4 Å².